The van der Waals surface area contributed by atoms with Gasteiger partial charge in [0.2, 0.25) is 5.95 Å². The van der Waals surface area contributed by atoms with Crippen LogP contribution in [-0.4, -0.2) is 21.6 Å². The van der Waals surface area contributed by atoms with Gasteiger partial charge in [-0.2, -0.15) is 0 Å². The molecule has 2 heterocycles. The fourth-order valence-corrected chi connectivity index (χ4v) is 1.82. The van der Waals surface area contributed by atoms with Crippen molar-refractivity contribution >= 4 is 17.7 Å². The normalized spacial score (nSPS) is 23.6. The molecular formula is C9H15N7. The van der Waals surface area contributed by atoms with Crippen LogP contribution in [0.1, 0.15) is 24.7 Å². The van der Waals surface area contributed by atoms with E-state index in [0.29, 0.717) is 17.9 Å². The molecule has 0 amide bonds. The molecule has 1 aromatic heterocycles. The fourth-order valence-electron chi connectivity index (χ4n) is 1.82. The number of hydrogen-bond donors (Lipinski definition) is 4. The van der Waals surface area contributed by atoms with Crippen molar-refractivity contribution in [3.05, 3.63) is 5.69 Å². The van der Waals surface area contributed by atoms with Gasteiger partial charge in [0.15, 0.2) is 12.1 Å². The number of fused-ring (bicyclic) bond motifs is 1. The minimum atomic E-state index is -0.174. The van der Waals surface area contributed by atoms with Crippen molar-refractivity contribution < 1.29 is 0 Å². The largest absolute Gasteiger partial charge is 0.370 e. The predicted octanol–water partition coefficient (Wildman–Crippen LogP) is -0.507. The summed E-state index contributed by atoms with van der Waals surface area (Å²) in [5.41, 5.74) is 12.3. The van der Waals surface area contributed by atoms with Gasteiger partial charge in [-0.15, -0.1) is 0 Å². The summed E-state index contributed by atoms with van der Waals surface area (Å²) in [6.45, 7) is 0. The van der Waals surface area contributed by atoms with Gasteiger partial charge in [-0.3, -0.25) is 9.88 Å². The van der Waals surface area contributed by atoms with E-state index in [2.05, 4.69) is 20.6 Å². The van der Waals surface area contributed by atoms with Crippen molar-refractivity contribution in [1.29, 1.82) is 0 Å². The highest BCUT2D eigenvalue weighted by Crippen LogP contribution is 2.31. The highest BCUT2D eigenvalue weighted by Gasteiger charge is 2.31. The predicted molar refractivity (Wildman–Crippen MR) is 61.8 cm³/mol. The Labute approximate surface area is 92.9 Å². The van der Waals surface area contributed by atoms with Gasteiger partial charge < -0.3 is 16.8 Å². The molecule has 7 heteroatoms. The first-order valence-corrected chi connectivity index (χ1v) is 5.33. The van der Waals surface area contributed by atoms with E-state index in [1.807, 2.05) is 7.05 Å². The van der Waals surface area contributed by atoms with E-state index in [0.717, 1.165) is 11.5 Å². The molecule has 1 fully saturated rings. The van der Waals surface area contributed by atoms with Gasteiger partial charge in [-0.05, 0) is 12.8 Å². The number of nitrogen functional groups attached to an aromatic ring is 1. The van der Waals surface area contributed by atoms with Crippen molar-refractivity contribution in [2.24, 2.45) is 17.8 Å². The van der Waals surface area contributed by atoms with Crippen LogP contribution in [-0.2, 0) is 7.05 Å². The number of hydrogen-bond acceptors (Lipinski definition) is 6. The second-order valence-electron chi connectivity index (χ2n) is 4.25. The molecule has 2 aliphatic rings. The van der Waals surface area contributed by atoms with E-state index < -0.39 is 0 Å². The van der Waals surface area contributed by atoms with Gasteiger partial charge in [-0.25, -0.2) is 9.98 Å². The Morgan fingerprint density at radius 3 is 2.88 bits per heavy atom. The summed E-state index contributed by atoms with van der Waals surface area (Å²) in [5.74, 6) is 1.68. The van der Waals surface area contributed by atoms with Crippen LogP contribution in [0.25, 0.3) is 0 Å². The van der Waals surface area contributed by atoms with Crippen LogP contribution < -0.4 is 22.1 Å². The molecule has 6 N–H and O–H groups in total. The van der Waals surface area contributed by atoms with Crippen LogP contribution in [0.4, 0.5) is 11.8 Å². The third-order valence-electron chi connectivity index (χ3n) is 2.90. The van der Waals surface area contributed by atoms with Crippen molar-refractivity contribution in [2.75, 3.05) is 11.1 Å². The first-order valence-electron chi connectivity index (χ1n) is 5.33. The number of rotatable bonds is 2. The van der Waals surface area contributed by atoms with E-state index in [9.17, 15) is 0 Å². The lowest BCUT2D eigenvalue weighted by atomic mass is 10.3. The van der Waals surface area contributed by atoms with E-state index in [1.165, 1.54) is 12.8 Å². The summed E-state index contributed by atoms with van der Waals surface area (Å²) < 4.78 is 1.78. The lowest BCUT2D eigenvalue weighted by Gasteiger charge is -2.20. The standard InChI is InChI=1S/C9H15N7/c1-16-7-5(13-9(16)11)6(12-4-2-3-4)14-8(10)15-7/h4,6,12H,2-3H2,1H3,(H2,11,13)(H3,10,14,15). The number of nitrogens with two attached hydrogens (primary N) is 2. The monoisotopic (exact) mass is 221 g/mol. The van der Waals surface area contributed by atoms with Crippen LogP contribution in [0.15, 0.2) is 4.99 Å². The quantitative estimate of drug-likeness (QED) is 0.538. The maximum absolute atomic E-state index is 5.77. The molecule has 1 atom stereocenters. The maximum Gasteiger partial charge on any atom is 0.201 e. The Bertz CT molecular complexity index is 457. The number of nitrogens with zero attached hydrogens (tertiary/aromatic N) is 3. The Balaban J connectivity index is 1.97. The van der Waals surface area contributed by atoms with Crippen molar-refractivity contribution in [3.8, 4) is 0 Å². The van der Waals surface area contributed by atoms with Crippen LogP contribution in [0.3, 0.4) is 0 Å². The summed E-state index contributed by atoms with van der Waals surface area (Å²) >= 11 is 0. The Hall–Kier alpha value is -1.76. The van der Waals surface area contributed by atoms with E-state index in [1.54, 1.807) is 4.57 Å². The zero-order chi connectivity index (χ0) is 11.3. The molecule has 3 rings (SSSR count). The van der Waals surface area contributed by atoms with E-state index in [4.69, 9.17) is 11.5 Å². The minimum Gasteiger partial charge on any atom is -0.370 e. The number of nitrogens with one attached hydrogen (secondary N) is 2. The van der Waals surface area contributed by atoms with Crippen LogP contribution in [0.5, 0.6) is 0 Å². The summed E-state index contributed by atoms with van der Waals surface area (Å²) in [6, 6.07) is 0.538. The lowest BCUT2D eigenvalue weighted by Crippen LogP contribution is -2.34. The summed E-state index contributed by atoms with van der Waals surface area (Å²) in [4.78, 5) is 8.60. The van der Waals surface area contributed by atoms with Gasteiger partial charge >= 0.3 is 0 Å². The summed E-state index contributed by atoms with van der Waals surface area (Å²) in [5, 5.41) is 6.36. The van der Waals surface area contributed by atoms with Crippen LogP contribution >= 0.6 is 0 Å². The van der Waals surface area contributed by atoms with Gasteiger partial charge in [-0.1, -0.05) is 0 Å². The maximum atomic E-state index is 5.77. The second kappa shape index (κ2) is 3.11. The Morgan fingerprint density at radius 1 is 1.44 bits per heavy atom. The average Bonchev–Trinajstić information content (AvgIpc) is 2.99. The molecule has 7 nitrogen and oxygen atoms in total. The molecule has 0 radical (unpaired) electrons. The molecule has 1 aliphatic heterocycles. The van der Waals surface area contributed by atoms with Crippen LogP contribution in [0.2, 0.25) is 0 Å². The number of aromatic nitrogens is 2. The number of anilines is 2. The van der Waals surface area contributed by atoms with Crippen molar-refractivity contribution in [2.45, 2.75) is 25.0 Å². The molecule has 86 valence electrons. The smallest absolute Gasteiger partial charge is 0.201 e. The van der Waals surface area contributed by atoms with Crippen molar-refractivity contribution in [3.63, 3.8) is 0 Å². The van der Waals surface area contributed by atoms with Crippen molar-refractivity contribution in [1.82, 2.24) is 14.9 Å². The molecule has 1 saturated carbocycles. The first kappa shape index (κ1) is 9.46. The molecule has 0 spiro atoms. The first-order chi connectivity index (χ1) is 7.65. The number of guanidine groups is 1. The Kier molecular flexibility index (Phi) is 1.84. The third-order valence-corrected chi connectivity index (χ3v) is 2.90. The molecule has 1 aliphatic carbocycles. The van der Waals surface area contributed by atoms with Gasteiger partial charge in [0.1, 0.15) is 11.5 Å². The van der Waals surface area contributed by atoms with Gasteiger partial charge in [0.05, 0.1) is 0 Å². The molecule has 0 saturated heterocycles. The number of imidazole rings is 1. The topological polar surface area (TPSA) is 106 Å². The molecule has 1 unspecified atom stereocenters. The Morgan fingerprint density at radius 2 is 2.19 bits per heavy atom. The van der Waals surface area contributed by atoms with E-state index >= 15 is 0 Å². The fraction of sp³-hybridized carbons (Fsp3) is 0.556. The number of aliphatic imine (C=N–C) groups is 1. The third kappa shape index (κ3) is 1.40. The molecule has 0 bridgehead atoms. The summed E-state index contributed by atoms with van der Waals surface area (Å²) in [6.07, 6.45) is 2.21. The second-order valence-corrected chi connectivity index (χ2v) is 4.25. The minimum absolute atomic E-state index is 0.174. The molecule has 0 aromatic carbocycles. The van der Waals surface area contributed by atoms with Gasteiger partial charge in [0, 0.05) is 13.1 Å². The molecular weight excluding hydrogens is 206 g/mol. The van der Waals surface area contributed by atoms with Gasteiger partial charge in [0.25, 0.3) is 0 Å². The zero-order valence-electron chi connectivity index (χ0n) is 9.07. The van der Waals surface area contributed by atoms with Crippen LogP contribution in [0, 0.1) is 0 Å². The highest BCUT2D eigenvalue weighted by molar-refractivity contribution is 5.94. The molecule has 16 heavy (non-hydrogen) atoms. The SMILES string of the molecule is Cn1c(N)nc2c1NC(N)=NC2NC1CC1. The molecule has 1 aromatic rings. The highest BCUT2D eigenvalue weighted by atomic mass is 15.3. The lowest BCUT2D eigenvalue weighted by molar-refractivity contribution is 0.538. The average molecular weight is 221 g/mol. The summed E-state index contributed by atoms with van der Waals surface area (Å²) in [7, 11) is 1.85. The van der Waals surface area contributed by atoms with E-state index in [-0.39, 0.29) is 6.17 Å². The zero-order valence-corrected chi connectivity index (χ0v) is 9.07.